The molecule has 24 heavy (non-hydrogen) atoms. The Morgan fingerprint density at radius 3 is 2.92 bits per heavy atom. The molecule has 1 aromatic heterocycles. The van der Waals surface area contributed by atoms with Crippen LogP contribution < -0.4 is 11.2 Å². The Balaban J connectivity index is 2.17. The van der Waals surface area contributed by atoms with Gasteiger partial charge < -0.3 is 20.6 Å². The van der Waals surface area contributed by atoms with E-state index in [1.54, 1.807) is 26.0 Å². The Labute approximate surface area is 139 Å². The second-order valence-corrected chi connectivity index (χ2v) is 6.55. The average Bonchev–Trinajstić information content (AvgIpc) is 3.09. The minimum atomic E-state index is -1.38. The van der Waals surface area contributed by atoms with Crippen molar-refractivity contribution in [2.75, 3.05) is 0 Å². The summed E-state index contributed by atoms with van der Waals surface area (Å²) in [5, 5.41) is 29.2. The van der Waals surface area contributed by atoms with Crippen molar-refractivity contribution in [3.05, 3.63) is 29.4 Å². The molecule has 2 heterocycles. The molecule has 0 saturated heterocycles. The number of amides is 2. The lowest BCUT2D eigenvalue weighted by Crippen LogP contribution is -2.61. The Bertz CT molecular complexity index is 709. The first-order valence-corrected chi connectivity index (χ1v) is 7.82. The Morgan fingerprint density at radius 1 is 1.54 bits per heavy atom. The lowest BCUT2D eigenvalue weighted by Gasteiger charge is -2.38. The molecule has 0 aromatic carbocycles. The number of urea groups is 1. The molecule has 1 aliphatic carbocycles. The highest BCUT2D eigenvalue weighted by Crippen LogP contribution is 2.42. The van der Waals surface area contributed by atoms with Crippen molar-refractivity contribution in [2.45, 2.75) is 50.7 Å². The molecule has 3 rings (SSSR count). The van der Waals surface area contributed by atoms with Crippen LogP contribution in [0.25, 0.3) is 0 Å². The molecule has 9 heteroatoms. The van der Waals surface area contributed by atoms with Crippen molar-refractivity contribution >= 4 is 17.5 Å². The maximum atomic E-state index is 13.3. The predicted molar refractivity (Wildman–Crippen MR) is 85.5 cm³/mol. The van der Waals surface area contributed by atoms with Crippen molar-refractivity contribution in [3.63, 3.8) is 0 Å². The molecule has 4 N–H and O–H groups in total. The molecule has 2 aliphatic rings. The number of carbonyl (C=O) groups excluding carboxylic acids is 1. The molecule has 1 aliphatic heterocycles. The van der Waals surface area contributed by atoms with Gasteiger partial charge in [-0.3, -0.25) is 0 Å². The maximum absolute atomic E-state index is 13.3. The van der Waals surface area contributed by atoms with Crippen LogP contribution in [0.15, 0.2) is 27.9 Å². The third-order valence-corrected chi connectivity index (χ3v) is 4.71. The Morgan fingerprint density at radius 2 is 2.29 bits per heavy atom. The summed E-state index contributed by atoms with van der Waals surface area (Å²) >= 11 is 0. The number of hydrogen-bond acceptors (Lipinski definition) is 6. The number of furan rings is 1. The molecule has 1 aromatic rings. The number of nitrogens with zero attached hydrogens (tertiary/aromatic N) is 3. The third-order valence-electron chi connectivity index (χ3n) is 4.71. The first kappa shape index (κ1) is 16.5. The molecule has 0 radical (unpaired) electrons. The zero-order chi connectivity index (χ0) is 17.5. The molecule has 1 unspecified atom stereocenters. The van der Waals surface area contributed by atoms with Crippen LogP contribution >= 0.6 is 0 Å². The predicted octanol–water partition coefficient (Wildman–Crippen LogP) is 1.36. The Kier molecular flexibility index (Phi) is 3.84. The average molecular weight is 335 g/mol. The van der Waals surface area contributed by atoms with Gasteiger partial charge in [0.1, 0.15) is 11.3 Å². The van der Waals surface area contributed by atoms with E-state index in [4.69, 9.17) is 10.2 Å². The minimum absolute atomic E-state index is 0.309. The number of nitrogens with one attached hydrogen (secondary N) is 1. The van der Waals surface area contributed by atoms with Gasteiger partial charge in [0, 0.05) is 6.42 Å². The van der Waals surface area contributed by atoms with Gasteiger partial charge in [-0.2, -0.15) is 9.84 Å². The molecule has 1 spiro atoms. The van der Waals surface area contributed by atoms with E-state index < -0.39 is 17.2 Å². The highest BCUT2D eigenvalue weighted by atomic mass is 16.6. The molecular weight excluding hydrogens is 314 g/mol. The van der Waals surface area contributed by atoms with E-state index in [1.165, 1.54) is 6.26 Å². The van der Waals surface area contributed by atoms with Crippen LogP contribution in [-0.2, 0) is 0 Å². The van der Waals surface area contributed by atoms with Gasteiger partial charge in [-0.15, -0.1) is 5.06 Å². The molecular formula is C15H21N5O4. The van der Waals surface area contributed by atoms with Crippen molar-refractivity contribution in [1.82, 2.24) is 10.5 Å². The molecule has 9 nitrogen and oxygen atoms in total. The smallest absolute Gasteiger partial charge is 0.332 e. The summed E-state index contributed by atoms with van der Waals surface area (Å²) in [5.41, 5.74) is 5.56. The van der Waals surface area contributed by atoms with Gasteiger partial charge in [0.15, 0.2) is 5.76 Å². The number of hydrogen-bond donors (Lipinski definition) is 3. The van der Waals surface area contributed by atoms with Gasteiger partial charge in [0.25, 0.3) is 11.4 Å². The van der Waals surface area contributed by atoms with E-state index >= 15 is 0 Å². The van der Waals surface area contributed by atoms with Crippen LogP contribution in [-0.4, -0.2) is 43.7 Å². The quantitative estimate of drug-likeness (QED) is 0.427. The fourth-order valence-corrected chi connectivity index (χ4v) is 3.62. The zero-order valence-electron chi connectivity index (χ0n) is 13.7. The third kappa shape index (κ3) is 2.20. The van der Waals surface area contributed by atoms with Crippen LogP contribution in [0.5, 0.6) is 0 Å². The van der Waals surface area contributed by atoms with Gasteiger partial charge in [-0.25, -0.2) is 10.2 Å². The topological polar surface area (TPSA) is 130 Å². The van der Waals surface area contributed by atoms with Crippen molar-refractivity contribution < 1.29 is 19.2 Å². The number of primary amides is 1. The molecule has 130 valence electrons. The van der Waals surface area contributed by atoms with E-state index in [0.29, 0.717) is 30.0 Å². The standard InChI is InChI=1S/C15H21N5O4/c1-14(2)12(10-6-5-9-24-10)19(22)15(20(14)23)8-4-3-7-11(15)17-18-13(16)21/h5-6,9,23H,3-4,7-8H2,1-2H3,(H3,16,18,21). The number of carbonyl (C=O) groups is 1. The highest BCUT2D eigenvalue weighted by molar-refractivity contribution is 6.05. The summed E-state index contributed by atoms with van der Waals surface area (Å²) in [7, 11) is 0. The van der Waals surface area contributed by atoms with Gasteiger partial charge in [-0.05, 0) is 45.2 Å². The SMILES string of the molecule is CC1(C)C(c2ccco2)=[N+]([O-])C2(CCCCC2=NNC(N)=O)N1O. The second-order valence-electron chi connectivity index (χ2n) is 6.55. The second kappa shape index (κ2) is 5.60. The Hall–Kier alpha value is -2.39. The van der Waals surface area contributed by atoms with Gasteiger partial charge in [0.2, 0.25) is 0 Å². The van der Waals surface area contributed by atoms with Gasteiger partial charge in [-0.1, -0.05) is 0 Å². The summed E-state index contributed by atoms with van der Waals surface area (Å²) in [6, 6.07) is 2.54. The van der Waals surface area contributed by atoms with Crippen LogP contribution in [0.4, 0.5) is 4.79 Å². The fraction of sp³-hybridized carbons (Fsp3) is 0.533. The van der Waals surface area contributed by atoms with E-state index in [2.05, 4.69) is 10.5 Å². The van der Waals surface area contributed by atoms with Crippen LogP contribution in [0.3, 0.4) is 0 Å². The minimum Gasteiger partial charge on any atom is -0.622 e. The van der Waals surface area contributed by atoms with E-state index in [-0.39, 0.29) is 0 Å². The number of hydroxylamine groups is 3. The van der Waals surface area contributed by atoms with Crippen molar-refractivity contribution in [2.24, 2.45) is 10.8 Å². The van der Waals surface area contributed by atoms with Crippen LogP contribution in [0, 0.1) is 5.21 Å². The summed E-state index contributed by atoms with van der Waals surface area (Å²) in [5.74, 6) is 0.388. The largest absolute Gasteiger partial charge is 0.622 e. The lowest BCUT2D eigenvalue weighted by molar-refractivity contribution is -0.568. The van der Waals surface area contributed by atoms with Crippen LogP contribution in [0.1, 0.15) is 45.3 Å². The molecule has 1 fully saturated rings. The number of hydrazone groups is 1. The van der Waals surface area contributed by atoms with E-state index in [0.717, 1.165) is 22.6 Å². The summed E-state index contributed by atoms with van der Waals surface area (Å²) in [6.45, 7) is 3.47. The fourth-order valence-electron chi connectivity index (χ4n) is 3.62. The normalized spacial score (nSPS) is 28.7. The lowest BCUT2D eigenvalue weighted by atomic mass is 9.86. The van der Waals surface area contributed by atoms with Crippen molar-refractivity contribution in [3.8, 4) is 0 Å². The number of rotatable bonds is 2. The summed E-state index contributed by atoms with van der Waals surface area (Å²) in [4.78, 5) is 11.0. The first-order chi connectivity index (χ1) is 11.3. The molecule has 2 amide bonds. The molecule has 1 atom stereocenters. The highest BCUT2D eigenvalue weighted by Gasteiger charge is 2.66. The number of nitrogens with two attached hydrogens (primary N) is 1. The van der Waals surface area contributed by atoms with E-state index in [1.807, 2.05) is 0 Å². The maximum Gasteiger partial charge on any atom is 0.332 e. The summed E-state index contributed by atoms with van der Waals surface area (Å²) in [6.07, 6.45) is 3.87. The van der Waals surface area contributed by atoms with Gasteiger partial charge in [0.05, 0.1) is 6.26 Å². The van der Waals surface area contributed by atoms with E-state index in [9.17, 15) is 15.2 Å². The first-order valence-electron chi connectivity index (χ1n) is 7.82. The van der Waals surface area contributed by atoms with Crippen LogP contribution in [0.2, 0.25) is 0 Å². The van der Waals surface area contributed by atoms with Crippen molar-refractivity contribution in [1.29, 1.82) is 0 Å². The molecule has 0 bridgehead atoms. The summed E-state index contributed by atoms with van der Waals surface area (Å²) < 4.78 is 6.15. The van der Waals surface area contributed by atoms with Gasteiger partial charge >= 0.3 is 6.03 Å². The monoisotopic (exact) mass is 335 g/mol. The molecule has 1 saturated carbocycles. The zero-order valence-corrected chi connectivity index (χ0v) is 13.7.